The average Bonchev–Trinajstić information content (AvgIpc) is 3.03. The predicted octanol–water partition coefficient (Wildman–Crippen LogP) is 0.291. The molecule has 3 rings (SSSR count). The number of hydrogen-bond acceptors (Lipinski definition) is 6. The Kier molecular flexibility index (Phi) is 5.64. The van der Waals surface area contributed by atoms with Crippen molar-refractivity contribution in [3.05, 3.63) is 65.2 Å². The standard InChI is InChI=1S/C20H23N3O5/c21-17(14(18(25)23-28)11-13-6-2-4-8-16(13)24)19(26)22-20(27)10-9-12-5-1-3-7-15(12)20/h1-8,14,17,24,27-28H,9-11,21H2,(H,22,26)(H,23,25)/t14-,17+,20-/m0/s1. The Morgan fingerprint density at radius 3 is 2.50 bits per heavy atom. The number of fused-ring (bicyclic) bond motifs is 1. The third-order valence-corrected chi connectivity index (χ3v) is 5.16. The number of amides is 2. The fraction of sp³-hybridized carbons (Fsp3) is 0.300. The van der Waals surface area contributed by atoms with E-state index in [-0.39, 0.29) is 12.2 Å². The molecular formula is C20H23N3O5. The fourth-order valence-electron chi connectivity index (χ4n) is 3.58. The van der Waals surface area contributed by atoms with Gasteiger partial charge in [-0.1, -0.05) is 42.5 Å². The fourth-order valence-corrected chi connectivity index (χ4v) is 3.58. The summed E-state index contributed by atoms with van der Waals surface area (Å²) in [5.41, 5.74) is 7.90. The zero-order chi connectivity index (χ0) is 20.3. The number of aliphatic hydroxyl groups is 1. The molecule has 0 fully saturated rings. The zero-order valence-corrected chi connectivity index (χ0v) is 15.1. The van der Waals surface area contributed by atoms with Crippen molar-refractivity contribution in [2.75, 3.05) is 0 Å². The van der Waals surface area contributed by atoms with E-state index in [0.29, 0.717) is 24.0 Å². The van der Waals surface area contributed by atoms with Gasteiger partial charge in [0.1, 0.15) is 5.75 Å². The molecule has 1 aliphatic carbocycles. The summed E-state index contributed by atoms with van der Waals surface area (Å²) < 4.78 is 0. The second-order valence-electron chi connectivity index (χ2n) is 6.95. The number of carbonyl (C=O) groups excluding carboxylic acids is 2. The molecular weight excluding hydrogens is 362 g/mol. The maximum Gasteiger partial charge on any atom is 0.248 e. The first-order valence-corrected chi connectivity index (χ1v) is 8.95. The van der Waals surface area contributed by atoms with E-state index in [4.69, 9.17) is 10.9 Å². The van der Waals surface area contributed by atoms with E-state index in [1.165, 1.54) is 11.5 Å². The van der Waals surface area contributed by atoms with Gasteiger partial charge in [0.2, 0.25) is 11.8 Å². The van der Waals surface area contributed by atoms with Crippen LogP contribution in [0.5, 0.6) is 5.75 Å². The van der Waals surface area contributed by atoms with Gasteiger partial charge in [0, 0.05) is 12.0 Å². The number of phenols is 1. The summed E-state index contributed by atoms with van der Waals surface area (Å²) >= 11 is 0. The molecule has 0 aromatic heterocycles. The molecule has 0 saturated heterocycles. The largest absolute Gasteiger partial charge is 0.508 e. The van der Waals surface area contributed by atoms with Gasteiger partial charge in [-0.15, -0.1) is 0 Å². The van der Waals surface area contributed by atoms with E-state index in [1.807, 2.05) is 12.1 Å². The maximum atomic E-state index is 12.7. The molecule has 0 unspecified atom stereocenters. The number of phenolic OH excluding ortho intramolecular Hbond substituents is 1. The van der Waals surface area contributed by atoms with Gasteiger partial charge in [-0.2, -0.15) is 0 Å². The van der Waals surface area contributed by atoms with Gasteiger partial charge in [-0.25, -0.2) is 5.48 Å². The molecule has 0 saturated carbocycles. The van der Waals surface area contributed by atoms with Crippen LogP contribution in [0, 0.1) is 5.92 Å². The molecule has 0 radical (unpaired) electrons. The lowest BCUT2D eigenvalue weighted by atomic mass is 9.90. The first kappa shape index (κ1) is 19.8. The number of nitrogens with one attached hydrogen (secondary N) is 2. The third-order valence-electron chi connectivity index (χ3n) is 5.16. The van der Waals surface area contributed by atoms with Crippen molar-refractivity contribution in [1.82, 2.24) is 10.8 Å². The summed E-state index contributed by atoms with van der Waals surface area (Å²) in [6.45, 7) is 0. The smallest absolute Gasteiger partial charge is 0.248 e. The zero-order valence-electron chi connectivity index (χ0n) is 15.1. The van der Waals surface area contributed by atoms with Crippen molar-refractivity contribution in [2.24, 2.45) is 11.7 Å². The SMILES string of the molecule is N[C@@H](C(=O)N[C@]1(O)CCc2ccccc21)[C@H](Cc1ccccc1O)C(=O)NO. The highest BCUT2D eigenvalue weighted by Crippen LogP contribution is 2.34. The molecule has 0 spiro atoms. The number of aryl methyl sites for hydroxylation is 1. The minimum atomic E-state index is -1.57. The van der Waals surface area contributed by atoms with E-state index in [1.54, 1.807) is 30.3 Å². The molecule has 8 nitrogen and oxygen atoms in total. The van der Waals surface area contributed by atoms with Crippen molar-refractivity contribution in [3.8, 4) is 5.75 Å². The lowest BCUT2D eigenvalue weighted by Gasteiger charge is -2.29. The molecule has 1 aliphatic rings. The highest BCUT2D eigenvalue weighted by atomic mass is 16.5. The molecule has 2 aromatic carbocycles. The molecule has 3 atom stereocenters. The number of carbonyl (C=O) groups is 2. The summed E-state index contributed by atoms with van der Waals surface area (Å²) in [5, 5.41) is 32.4. The van der Waals surface area contributed by atoms with E-state index in [9.17, 15) is 19.8 Å². The third kappa shape index (κ3) is 3.84. The quantitative estimate of drug-likeness (QED) is 0.239. The van der Waals surface area contributed by atoms with Crippen LogP contribution in [0.25, 0.3) is 0 Å². The van der Waals surface area contributed by atoms with E-state index >= 15 is 0 Å². The Labute approximate surface area is 162 Å². The van der Waals surface area contributed by atoms with Crippen LogP contribution in [0.4, 0.5) is 0 Å². The van der Waals surface area contributed by atoms with Crippen molar-refractivity contribution >= 4 is 11.8 Å². The van der Waals surface area contributed by atoms with Crippen LogP contribution >= 0.6 is 0 Å². The molecule has 2 amide bonds. The van der Waals surface area contributed by atoms with Gasteiger partial charge in [0.05, 0.1) is 12.0 Å². The number of hydroxylamine groups is 1. The van der Waals surface area contributed by atoms with Crippen molar-refractivity contribution < 1.29 is 25.0 Å². The lowest BCUT2D eigenvalue weighted by Crippen LogP contribution is -2.56. The Balaban J connectivity index is 1.79. The first-order chi connectivity index (χ1) is 13.4. The minimum absolute atomic E-state index is 0.0470. The number of nitrogens with two attached hydrogens (primary N) is 1. The predicted molar refractivity (Wildman–Crippen MR) is 100 cm³/mol. The molecule has 148 valence electrons. The molecule has 0 bridgehead atoms. The van der Waals surface area contributed by atoms with Crippen LogP contribution in [0.3, 0.4) is 0 Å². The van der Waals surface area contributed by atoms with Gasteiger partial charge in [0.25, 0.3) is 0 Å². The van der Waals surface area contributed by atoms with Gasteiger partial charge in [-0.05, 0) is 30.0 Å². The lowest BCUT2D eigenvalue weighted by molar-refractivity contribution is -0.140. The van der Waals surface area contributed by atoms with Crippen LogP contribution in [0.1, 0.15) is 23.1 Å². The Bertz CT molecular complexity index is 888. The Hall–Kier alpha value is -2.94. The Morgan fingerprint density at radius 2 is 1.79 bits per heavy atom. The van der Waals surface area contributed by atoms with Crippen LogP contribution < -0.4 is 16.5 Å². The molecule has 7 N–H and O–H groups in total. The second-order valence-corrected chi connectivity index (χ2v) is 6.95. The summed E-state index contributed by atoms with van der Waals surface area (Å²) in [6.07, 6.45) is 0.824. The highest BCUT2D eigenvalue weighted by molar-refractivity contribution is 5.90. The summed E-state index contributed by atoms with van der Waals surface area (Å²) in [5.74, 6) is -2.79. The number of benzene rings is 2. The normalized spacial score (nSPS) is 20.1. The van der Waals surface area contributed by atoms with Gasteiger partial charge < -0.3 is 21.3 Å². The average molecular weight is 385 g/mol. The van der Waals surface area contributed by atoms with E-state index in [0.717, 1.165) is 5.56 Å². The van der Waals surface area contributed by atoms with Crippen LogP contribution in [0.15, 0.2) is 48.5 Å². The van der Waals surface area contributed by atoms with Gasteiger partial charge >= 0.3 is 0 Å². The number of rotatable bonds is 6. The molecule has 8 heteroatoms. The van der Waals surface area contributed by atoms with Crippen LogP contribution in [0.2, 0.25) is 0 Å². The highest BCUT2D eigenvalue weighted by Gasteiger charge is 2.41. The van der Waals surface area contributed by atoms with Crippen LogP contribution in [-0.2, 0) is 28.2 Å². The molecule has 0 aliphatic heterocycles. The summed E-state index contributed by atoms with van der Waals surface area (Å²) in [4.78, 5) is 24.9. The molecule has 28 heavy (non-hydrogen) atoms. The topological polar surface area (TPSA) is 145 Å². The monoisotopic (exact) mass is 385 g/mol. The van der Waals surface area contributed by atoms with Crippen molar-refractivity contribution in [1.29, 1.82) is 0 Å². The number of hydrogen-bond donors (Lipinski definition) is 6. The van der Waals surface area contributed by atoms with Gasteiger partial charge in [0.15, 0.2) is 5.72 Å². The molecule has 2 aromatic rings. The van der Waals surface area contributed by atoms with Crippen LogP contribution in [-0.4, -0.2) is 33.3 Å². The summed E-state index contributed by atoms with van der Waals surface area (Å²) in [7, 11) is 0. The summed E-state index contributed by atoms with van der Waals surface area (Å²) in [6, 6.07) is 12.2. The van der Waals surface area contributed by atoms with E-state index in [2.05, 4.69) is 5.32 Å². The van der Waals surface area contributed by atoms with E-state index < -0.39 is 29.5 Å². The van der Waals surface area contributed by atoms with Crippen molar-refractivity contribution in [3.63, 3.8) is 0 Å². The molecule has 0 heterocycles. The second kappa shape index (κ2) is 7.97. The van der Waals surface area contributed by atoms with Crippen molar-refractivity contribution in [2.45, 2.75) is 31.0 Å². The minimum Gasteiger partial charge on any atom is -0.508 e. The first-order valence-electron chi connectivity index (χ1n) is 8.95. The number of para-hydroxylation sites is 1. The van der Waals surface area contributed by atoms with Gasteiger partial charge in [-0.3, -0.25) is 14.8 Å². The maximum absolute atomic E-state index is 12.7. The Morgan fingerprint density at radius 1 is 1.11 bits per heavy atom. The number of aromatic hydroxyl groups is 1.